The summed E-state index contributed by atoms with van der Waals surface area (Å²) in [6.07, 6.45) is 0. The van der Waals surface area contributed by atoms with E-state index >= 15 is 0 Å². The molecule has 0 radical (unpaired) electrons. The third kappa shape index (κ3) is 1.86. The van der Waals surface area contributed by atoms with E-state index in [0.29, 0.717) is 10.7 Å². The standard InChI is InChI=1S/C11H11FN2OS/c1-6-10(14-11(13)16-6)7-3-4-9(15-2)8(12)5-7/h3-5H,1-2H3,(H2,13,14). The summed E-state index contributed by atoms with van der Waals surface area (Å²) in [6, 6.07) is 4.75. The Morgan fingerprint density at radius 2 is 2.19 bits per heavy atom. The van der Waals surface area contributed by atoms with Crippen molar-refractivity contribution >= 4 is 16.5 Å². The zero-order chi connectivity index (χ0) is 11.7. The number of aryl methyl sites for hydroxylation is 1. The van der Waals surface area contributed by atoms with Crippen LogP contribution in [-0.2, 0) is 0 Å². The van der Waals surface area contributed by atoms with Crippen LogP contribution in [0.25, 0.3) is 11.3 Å². The van der Waals surface area contributed by atoms with Crippen LogP contribution in [0.2, 0.25) is 0 Å². The highest BCUT2D eigenvalue weighted by molar-refractivity contribution is 7.15. The molecule has 0 saturated carbocycles. The minimum absolute atomic E-state index is 0.226. The highest BCUT2D eigenvalue weighted by Crippen LogP contribution is 2.31. The number of halogens is 1. The largest absolute Gasteiger partial charge is 0.494 e. The molecular formula is C11H11FN2OS. The van der Waals surface area contributed by atoms with Crippen LogP contribution in [0, 0.1) is 12.7 Å². The fourth-order valence-electron chi connectivity index (χ4n) is 1.50. The number of rotatable bonds is 2. The maximum atomic E-state index is 13.5. The number of anilines is 1. The molecule has 0 amide bonds. The van der Waals surface area contributed by atoms with Crippen LogP contribution in [-0.4, -0.2) is 12.1 Å². The van der Waals surface area contributed by atoms with Gasteiger partial charge >= 0.3 is 0 Å². The molecule has 84 valence electrons. The van der Waals surface area contributed by atoms with Crippen molar-refractivity contribution in [2.75, 3.05) is 12.8 Å². The number of nitrogens with two attached hydrogens (primary N) is 1. The van der Waals surface area contributed by atoms with Gasteiger partial charge in [-0.1, -0.05) is 0 Å². The van der Waals surface area contributed by atoms with Crippen LogP contribution in [0.3, 0.4) is 0 Å². The van der Waals surface area contributed by atoms with Crippen molar-refractivity contribution in [3.8, 4) is 17.0 Å². The summed E-state index contributed by atoms with van der Waals surface area (Å²) in [6.45, 7) is 1.91. The van der Waals surface area contributed by atoms with Gasteiger partial charge in [0.2, 0.25) is 0 Å². The van der Waals surface area contributed by atoms with Gasteiger partial charge in [0.25, 0.3) is 0 Å². The maximum absolute atomic E-state index is 13.5. The molecule has 0 spiro atoms. The van der Waals surface area contributed by atoms with Gasteiger partial charge in [0.1, 0.15) is 0 Å². The molecule has 0 atom stereocenters. The number of ether oxygens (including phenoxy) is 1. The van der Waals surface area contributed by atoms with E-state index in [2.05, 4.69) is 4.98 Å². The minimum atomic E-state index is -0.397. The van der Waals surface area contributed by atoms with E-state index in [1.165, 1.54) is 24.5 Å². The quantitative estimate of drug-likeness (QED) is 0.875. The molecule has 1 heterocycles. The fraction of sp³-hybridized carbons (Fsp3) is 0.182. The summed E-state index contributed by atoms with van der Waals surface area (Å²) >= 11 is 1.39. The van der Waals surface area contributed by atoms with Crippen molar-refractivity contribution in [2.45, 2.75) is 6.92 Å². The highest BCUT2D eigenvalue weighted by Gasteiger charge is 2.10. The molecule has 0 fully saturated rings. The van der Waals surface area contributed by atoms with Crippen molar-refractivity contribution in [1.82, 2.24) is 4.98 Å². The minimum Gasteiger partial charge on any atom is -0.494 e. The predicted octanol–water partition coefficient (Wildman–Crippen LogP) is 2.85. The lowest BCUT2D eigenvalue weighted by Crippen LogP contribution is -1.89. The normalized spacial score (nSPS) is 10.4. The second kappa shape index (κ2) is 4.09. The lowest BCUT2D eigenvalue weighted by Gasteiger charge is -2.03. The molecule has 0 unspecified atom stereocenters. The number of methoxy groups -OCH3 is 1. The molecule has 2 N–H and O–H groups in total. The smallest absolute Gasteiger partial charge is 0.180 e. The van der Waals surface area contributed by atoms with Crippen LogP contribution in [0.5, 0.6) is 5.75 Å². The summed E-state index contributed by atoms with van der Waals surface area (Å²) in [4.78, 5) is 5.14. The molecule has 1 aromatic carbocycles. The summed E-state index contributed by atoms with van der Waals surface area (Å²) in [5.41, 5.74) is 7.04. The van der Waals surface area contributed by atoms with Gasteiger partial charge in [-0.3, -0.25) is 0 Å². The number of hydrogen-bond acceptors (Lipinski definition) is 4. The topological polar surface area (TPSA) is 48.1 Å². The lowest BCUT2D eigenvalue weighted by atomic mass is 10.1. The van der Waals surface area contributed by atoms with E-state index in [0.717, 1.165) is 10.6 Å². The lowest BCUT2D eigenvalue weighted by molar-refractivity contribution is 0.386. The second-order valence-electron chi connectivity index (χ2n) is 3.31. The van der Waals surface area contributed by atoms with Crippen LogP contribution in [0.4, 0.5) is 9.52 Å². The van der Waals surface area contributed by atoms with Gasteiger partial charge in [-0.05, 0) is 25.1 Å². The summed E-state index contributed by atoms with van der Waals surface area (Å²) in [7, 11) is 1.43. The zero-order valence-electron chi connectivity index (χ0n) is 8.95. The van der Waals surface area contributed by atoms with E-state index in [4.69, 9.17) is 10.5 Å². The molecule has 3 nitrogen and oxygen atoms in total. The SMILES string of the molecule is COc1ccc(-c2nc(N)sc2C)cc1F. The molecular weight excluding hydrogens is 227 g/mol. The van der Waals surface area contributed by atoms with Crippen molar-refractivity contribution in [3.63, 3.8) is 0 Å². The van der Waals surface area contributed by atoms with Crippen LogP contribution in [0.1, 0.15) is 4.88 Å². The Morgan fingerprint density at radius 3 is 2.69 bits per heavy atom. The summed E-state index contributed by atoms with van der Waals surface area (Å²) in [5.74, 6) is -0.171. The van der Waals surface area contributed by atoms with Gasteiger partial charge < -0.3 is 10.5 Å². The van der Waals surface area contributed by atoms with Crippen molar-refractivity contribution in [2.24, 2.45) is 0 Å². The second-order valence-corrected chi connectivity index (χ2v) is 4.54. The third-order valence-electron chi connectivity index (χ3n) is 2.24. The zero-order valence-corrected chi connectivity index (χ0v) is 9.77. The van der Waals surface area contributed by atoms with E-state index in [1.54, 1.807) is 12.1 Å². The van der Waals surface area contributed by atoms with Gasteiger partial charge in [-0.2, -0.15) is 0 Å². The molecule has 0 aliphatic carbocycles. The van der Waals surface area contributed by atoms with Crippen molar-refractivity contribution in [3.05, 3.63) is 28.9 Å². The average Bonchev–Trinajstić information content (AvgIpc) is 2.58. The molecule has 2 rings (SSSR count). The molecule has 5 heteroatoms. The molecule has 0 saturated heterocycles. The van der Waals surface area contributed by atoms with E-state index in [9.17, 15) is 4.39 Å². The maximum Gasteiger partial charge on any atom is 0.180 e. The van der Waals surface area contributed by atoms with Crippen LogP contribution >= 0.6 is 11.3 Å². The Balaban J connectivity index is 2.49. The number of nitrogen functional groups attached to an aromatic ring is 1. The number of hydrogen-bond donors (Lipinski definition) is 1. The first-order valence-corrected chi connectivity index (χ1v) is 5.50. The Hall–Kier alpha value is -1.62. The molecule has 1 aromatic heterocycles. The first kappa shape index (κ1) is 10.9. The Kier molecular flexibility index (Phi) is 2.78. The predicted molar refractivity (Wildman–Crippen MR) is 63.2 cm³/mol. The first-order valence-electron chi connectivity index (χ1n) is 4.68. The number of benzene rings is 1. The first-order chi connectivity index (χ1) is 7.61. The van der Waals surface area contributed by atoms with E-state index in [1.807, 2.05) is 6.92 Å². The highest BCUT2D eigenvalue weighted by atomic mass is 32.1. The molecule has 0 bridgehead atoms. The van der Waals surface area contributed by atoms with Crippen LogP contribution in [0.15, 0.2) is 18.2 Å². The average molecular weight is 238 g/mol. The molecule has 0 aliphatic heterocycles. The number of nitrogens with zero attached hydrogens (tertiary/aromatic N) is 1. The molecule has 16 heavy (non-hydrogen) atoms. The fourth-order valence-corrected chi connectivity index (χ4v) is 2.21. The number of aromatic nitrogens is 1. The van der Waals surface area contributed by atoms with Crippen molar-refractivity contribution in [1.29, 1.82) is 0 Å². The summed E-state index contributed by atoms with van der Waals surface area (Å²) < 4.78 is 18.3. The Bertz CT molecular complexity index is 525. The Labute approximate surface area is 96.7 Å². The van der Waals surface area contributed by atoms with Gasteiger partial charge in [0.15, 0.2) is 16.7 Å². The van der Waals surface area contributed by atoms with Crippen LogP contribution < -0.4 is 10.5 Å². The van der Waals surface area contributed by atoms with E-state index in [-0.39, 0.29) is 5.75 Å². The van der Waals surface area contributed by atoms with Gasteiger partial charge in [0.05, 0.1) is 12.8 Å². The van der Waals surface area contributed by atoms with E-state index < -0.39 is 5.82 Å². The summed E-state index contributed by atoms with van der Waals surface area (Å²) in [5, 5.41) is 0.490. The third-order valence-corrected chi connectivity index (χ3v) is 3.04. The molecule has 2 aromatic rings. The molecule has 0 aliphatic rings. The van der Waals surface area contributed by atoms with Gasteiger partial charge in [0, 0.05) is 10.4 Å². The number of thiazole rings is 1. The van der Waals surface area contributed by atoms with Gasteiger partial charge in [-0.25, -0.2) is 9.37 Å². The Morgan fingerprint density at radius 1 is 1.44 bits per heavy atom. The van der Waals surface area contributed by atoms with Gasteiger partial charge in [-0.15, -0.1) is 11.3 Å². The van der Waals surface area contributed by atoms with Crippen molar-refractivity contribution < 1.29 is 9.13 Å². The monoisotopic (exact) mass is 238 g/mol.